The Morgan fingerprint density at radius 1 is 1.53 bits per heavy atom. The molecule has 0 aromatic heterocycles. The summed E-state index contributed by atoms with van der Waals surface area (Å²) in [6.07, 6.45) is 12.1. The highest BCUT2D eigenvalue weighted by Gasteiger charge is 2.01. The second kappa shape index (κ2) is 12.4. The standard InChI is InChI=1S/C15H19NO3/c1-3-11-14(17)12-9-7-5-6-8-10-13-15(18)19-16-4-2/h1,5,7,9,12,14,16-17H,4,10-11,13H2,2H3/p+1. The normalized spacial score (nSPS) is 11.8. The van der Waals surface area contributed by atoms with Crippen molar-refractivity contribution >= 4 is 5.97 Å². The third-order valence-corrected chi connectivity index (χ3v) is 1.89. The van der Waals surface area contributed by atoms with Gasteiger partial charge in [-0.15, -0.1) is 12.3 Å². The third-order valence-electron chi connectivity index (χ3n) is 1.89. The van der Waals surface area contributed by atoms with Crippen molar-refractivity contribution in [3.05, 3.63) is 24.3 Å². The number of nitrogens with two attached hydrogens (primary N) is 1. The largest absolute Gasteiger partial charge is 0.388 e. The molecule has 4 heteroatoms. The predicted octanol–water partition coefficient (Wildman–Crippen LogP) is 0.308. The fourth-order valence-electron chi connectivity index (χ4n) is 1.02. The minimum Gasteiger partial charge on any atom is -0.388 e. The lowest BCUT2D eigenvalue weighted by molar-refractivity contribution is -0.870. The van der Waals surface area contributed by atoms with Gasteiger partial charge in [-0.2, -0.15) is 5.48 Å². The molecule has 3 N–H and O–H groups in total. The number of hydrogen-bond donors (Lipinski definition) is 2. The molecule has 0 aromatic carbocycles. The zero-order chi connectivity index (χ0) is 14.3. The molecule has 0 saturated heterocycles. The average molecular weight is 262 g/mol. The van der Waals surface area contributed by atoms with Crippen LogP contribution in [0.4, 0.5) is 0 Å². The lowest BCUT2D eigenvalue weighted by Crippen LogP contribution is -2.83. The number of aliphatic hydroxyl groups is 1. The molecule has 102 valence electrons. The number of hydrogen-bond acceptors (Lipinski definition) is 3. The molecule has 0 aliphatic carbocycles. The van der Waals surface area contributed by atoms with E-state index in [0.29, 0.717) is 19.4 Å². The maximum atomic E-state index is 11.1. The summed E-state index contributed by atoms with van der Waals surface area (Å²) < 4.78 is 0. The highest BCUT2D eigenvalue weighted by molar-refractivity contribution is 5.68. The molecule has 0 fully saturated rings. The van der Waals surface area contributed by atoms with Gasteiger partial charge in [0.1, 0.15) is 6.54 Å². The highest BCUT2D eigenvalue weighted by Crippen LogP contribution is 1.92. The number of carbonyl (C=O) groups excluding carboxylic acids is 1. The zero-order valence-electron chi connectivity index (χ0n) is 11.1. The fourth-order valence-corrected chi connectivity index (χ4v) is 1.02. The number of quaternary nitrogens is 1. The second-order valence-corrected chi connectivity index (χ2v) is 3.61. The Morgan fingerprint density at radius 3 is 3.00 bits per heavy atom. The summed E-state index contributed by atoms with van der Waals surface area (Å²) in [4.78, 5) is 15.9. The molecule has 0 bridgehead atoms. The average Bonchev–Trinajstić information content (AvgIpc) is 2.39. The van der Waals surface area contributed by atoms with Gasteiger partial charge in [0.25, 0.3) is 0 Å². The SMILES string of the molecule is C#CCC(O)C=CC=CC#CCCC(=O)O[NH2+]CC. The van der Waals surface area contributed by atoms with Gasteiger partial charge >= 0.3 is 5.97 Å². The lowest BCUT2D eigenvalue weighted by atomic mass is 10.2. The molecule has 0 saturated carbocycles. The maximum Gasteiger partial charge on any atom is 0.367 e. The first-order valence-electron chi connectivity index (χ1n) is 6.15. The van der Waals surface area contributed by atoms with Gasteiger partial charge < -0.3 is 5.11 Å². The van der Waals surface area contributed by atoms with Gasteiger partial charge in [-0.25, -0.2) is 4.79 Å². The molecule has 1 unspecified atom stereocenters. The molecule has 0 amide bonds. The molecule has 1 atom stereocenters. The Bertz CT molecular complexity index is 407. The van der Waals surface area contributed by atoms with Gasteiger partial charge in [-0.05, 0) is 13.0 Å². The smallest absolute Gasteiger partial charge is 0.367 e. The first-order chi connectivity index (χ1) is 9.20. The first kappa shape index (κ1) is 17.0. The Hall–Kier alpha value is -2.01. The van der Waals surface area contributed by atoms with Gasteiger partial charge in [0.2, 0.25) is 0 Å². The van der Waals surface area contributed by atoms with Crippen molar-refractivity contribution in [3.8, 4) is 24.2 Å². The summed E-state index contributed by atoms with van der Waals surface area (Å²) in [5.74, 6) is 7.70. The van der Waals surface area contributed by atoms with E-state index in [0.717, 1.165) is 0 Å². The monoisotopic (exact) mass is 262 g/mol. The highest BCUT2D eigenvalue weighted by atomic mass is 16.7. The van der Waals surface area contributed by atoms with E-state index in [4.69, 9.17) is 11.3 Å². The molecular weight excluding hydrogens is 242 g/mol. The van der Waals surface area contributed by atoms with Gasteiger partial charge in [-0.3, -0.25) is 4.84 Å². The first-order valence-corrected chi connectivity index (χ1v) is 6.15. The number of carbonyl (C=O) groups is 1. The van der Waals surface area contributed by atoms with Crippen LogP contribution in [0.1, 0.15) is 26.2 Å². The number of rotatable bonds is 7. The Balaban J connectivity index is 3.75. The summed E-state index contributed by atoms with van der Waals surface area (Å²) in [6, 6.07) is 0. The predicted molar refractivity (Wildman–Crippen MR) is 73.3 cm³/mol. The van der Waals surface area contributed by atoms with Crippen LogP contribution in [-0.4, -0.2) is 23.7 Å². The van der Waals surface area contributed by atoms with E-state index in [1.807, 2.05) is 6.92 Å². The number of terminal acetylenes is 1. The molecular formula is C15H20NO3+. The summed E-state index contributed by atoms with van der Waals surface area (Å²) in [5, 5.41) is 9.27. The van der Waals surface area contributed by atoms with Crippen molar-refractivity contribution in [2.24, 2.45) is 0 Å². The molecule has 0 spiro atoms. The van der Waals surface area contributed by atoms with E-state index in [2.05, 4.69) is 17.8 Å². The van der Waals surface area contributed by atoms with Gasteiger partial charge in [0.05, 0.1) is 12.5 Å². The minimum absolute atomic E-state index is 0.266. The molecule has 0 rings (SSSR count). The molecule has 0 aromatic rings. The topological polar surface area (TPSA) is 63.1 Å². The summed E-state index contributed by atoms with van der Waals surface area (Å²) in [6.45, 7) is 2.60. The Morgan fingerprint density at radius 2 is 2.32 bits per heavy atom. The second-order valence-electron chi connectivity index (χ2n) is 3.61. The Labute approximate surface area is 114 Å². The van der Waals surface area contributed by atoms with Crippen LogP contribution in [0.25, 0.3) is 0 Å². The molecule has 19 heavy (non-hydrogen) atoms. The van der Waals surface area contributed by atoms with Crippen molar-refractivity contribution in [2.75, 3.05) is 6.54 Å². The van der Waals surface area contributed by atoms with E-state index in [-0.39, 0.29) is 12.4 Å². The maximum absolute atomic E-state index is 11.1. The van der Waals surface area contributed by atoms with Crippen LogP contribution in [-0.2, 0) is 9.63 Å². The van der Waals surface area contributed by atoms with Gasteiger partial charge in [-0.1, -0.05) is 30.1 Å². The molecule has 0 radical (unpaired) electrons. The van der Waals surface area contributed by atoms with E-state index in [9.17, 15) is 9.90 Å². The van der Waals surface area contributed by atoms with Crippen LogP contribution in [0, 0.1) is 24.2 Å². The van der Waals surface area contributed by atoms with Crippen molar-refractivity contribution in [3.63, 3.8) is 0 Å². The zero-order valence-corrected chi connectivity index (χ0v) is 11.1. The molecule has 0 aliphatic heterocycles. The van der Waals surface area contributed by atoms with Crippen LogP contribution >= 0.6 is 0 Å². The number of allylic oxidation sites excluding steroid dienone is 3. The third kappa shape index (κ3) is 12.2. The van der Waals surface area contributed by atoms with Crippen molar-refractivity contribution in [2.45, 2.75) is 32.3 Å². The number of hydroxylamine groups is 1. The lowest BCUT2D eigenvalue weighted by Gasteiger charge is -1.95. The van der Waals surface area contributed by atoms with E-state index in [1.165, 1.54) is 5.48 Å². The van der Waals surface area contributed by atoms with Crippen LogP contribution in [0.3, 0.4) is 0 Å². The van der Waals surface area contributed by atoms with Gasteiger partial charge in [0, 0.05) is 12.8 Å². The molecule has 0 aliphatic rings. The van der Waals surface area contributed by atoms with Crippen LogP contribution in [0.15, 0.2) is 24.3 Å². The van der Waals surface area contributed by atoms with Crippen LogP contribution in [0.5, 0.6) is 0 Å². The molecule has 0 heterocycles. The summed E-state index contributed by atoms with van der Waals surface area (Å²) >= 11 is 0. The number of aliphatic hydroxyl groups excluding tert-OH is 1. The minimum atomic E-state index is -0.618. The van der Waals surface area contributed by atoms with E-state index < -0.39 is 6.10 Å². The van der Waals surface area contributed by atoms with Crippen LogP contribution in [0.2, 0.25) is 0 Å². The Kier molecular flexibility index (Phi) is 11.1. The molecule has 4 nitrogen and oxygen atoms in total. The van der Waals surface area contributed by atoms with E-state index >= 15 is 0 Å². The summed E-state index contributed by atoms with van der Waals surface area (Å²) in [5.41, 5.74) is 1.47. The fraction of sp³-hybridized carbons (Fsp3) is 0.400. The van der Waals surface area contributed by atoms with Crippen molar-refractivity contribution in [1.82, 2.24) is 0 Å². The van der Waals surface area contributed by atoms with Crippen LogP contribution < -0.4 is 5.48 Å². The van der Waals surface area contributed by atoms with Gasteiger partial charge in [0.15, 0.2) is 0 Å². The quantitative estimate of drug-likeness (QED) is 0.394. The van der Waals surface area contributed by atoms with Crippen molar-refractivity contribution < 1.29 is 20.2 Å². The summed E-state index contributed by atoms with van der Waals surface area (Å²) in [7, 11) is 0. The van der Waals surface area contributed by atoms with Crippen molar-refractivity contribution in [1.29, 1.82) is 0 Å². The van der Waals surface area contributed by atoms with E-state index in [1.54, 1.807) is 24.3 Å².